The van der Waals surface area contributed by atoms with Gasteiger partial charge in [0.25, 0.3) is 0 Å². The predicted octanol–water partition coefficient (Wildman–Crippen LogP) is 1.79. The van der Waals surface area contributed by atoms with E-state index < -0.39 is 0 Å². The van der Waals surface area contributed by atoms with Crippen LogP contribution in [-0.2, 0) is 11.3 Å². The molecule has 25 heavy (non-hydrogen) atoms. The van der Waals surface area contributed by atoms with Gasteiger partial charge in [-0.2, -0.15) is 0 Å². The van der Waals surface area contributed by atoms with Crippen molar-refractivity contribution in [3.8, 4) is 0 Å². The van der Waals surface area contributed by atoms with E-state index >= 15 is 0 Å². The molecule has 0 saturated carbocycles. The Morgan fingerprint density at radius 3 is 2.84 bits per heavy atom. The molecule has 6 heteroatoms. The van der Waals surface area contributed by atoms with Crippen molar-refractivity contribution >= 4 is 11.6 Å². The number of piperidine rings is 2. The van der Waals surface area contributed by atoms with Crippen molar-refractivity contribution in [2.45, 2.75) is 45.3 Å². The van der Waals surface area contributed by atoms with E-state index in [1.807, 2.05) is 17.9 Å². The third-order valence-corrected chi connectivity index (χ3v) is 5.42. The molecule has 0 spiro atoms. The number of rotatable bonds is 4. The predicted molar refractivity (Wildman–Crippen MR) is 95.9 cm³/mol. The van der Waals surface area contributed by atoms with E-state index in [9.17, 15) is 14.3 Å². The van der Waals surface area contributed by atoms with E-state index in [0.29, 0.717) is 44.7 Å². The fraction of sp³-hybridized carbons (Fsp3) is 0.632. The first kappa shape index (κ1) is 18.1. The molecule has 3 N–H and O–H groups in total. The van der Waals surface area contributed by atoms with Crippen LogP contribution in [0.4, 0.5) is 10.1 Å². The highest BCUT2D eigenvalue weighted by Crippen LogP contribution is 2.26. The number of anilines is 1. The van der Waals surface area contributed by atoms with Gasteiger partial charge in [-0.25, -0.2) is 4.39 Å². The Morgan fingerprint density at radius 1 is 1.44 bits per heavy atom. The van der Waals surface area contributed by atoms with Gasteiger partial charge < -0.3 is 20.6 Å². The molecular formula is C19H28FN3O2. The number of nitrogens with zero attached hydrogens (tertiary/aromatic N) is 1. The maximum atomic E-state index is 14.5. The second kappa shape index (κ2) is 7.70. The third kappa shape index (κ3) is 4.30. The van der Waals surface area contributed by atoms with Gasteiger partial charge in [0.15, 0.2) is 0 Å². The minimum Gasteiger partial charge on any atom is -0.393 e. The topological polar surface area (TPSA) is 64.6 Å². The standard InChI is InChI=1S/C19H28FN3O2/c1-19(7-2-8-21-13-19)18(25)22-12-14-3-4-17(16(20)11-14)23-9-5-15(24)6-10-23/h3-4,11,15,21,24H,2,5-10,12-13H2,1H3,(H,22,25). The fourth-order valence-corrected chi connectivity index (χ4v) is 3.67. The summed E-state index contributed by atoms with van der Waals surface area (Å²) < 4.78 is 14.5. The van der Waals surface area contributed by atoms with Crippen molar-refractivity contribution in [1.82, 2.24) is 10.6 Å². The summed E-state index contributed by atoms with van der Waals surface area (Å²) in [6.45, 7) is 5.29. The van der Waals surface area contributed by atoms with E-state index in [-0.39, 0.29) is 23.2 Å². The zero-order chi connectivity index (χ0) is 17.9. The summed E-state index contributed by atoms with van der Waals surface area (Å²) in [6, 6.07) is 5.14. The molecule has 2 aliphatic rings. The Labute approximate surface area is 148 Å². The Hall–Kier alpha value is -1.66. The molecule has 2 heterocycles. The quantitative estimate of drug-likeness (QED) is 0.776. The Bertz CT molecular complexity index is 609. The molecular weight excluding hydrogens is 321 g/mol. The molecule has 2 aliphatic heterocycles. The summed E-state index contributed by atoms with van der Waals surface area (Å²) >= 11 is 0. The van der Waals surface area contributed by atoms with Crippen LogP contribution in [0.15, 0.2) is 18.2 Å². The molecule has 1 aromatic carbocycles. The summed E-state index contributed by atoms with van der Waals surface area (Å²) in [5.41, 5.74) is 0.954. The van der Waals surface area contributed by atoms with Gasteiger partial charge in [0.1, 0.15) is 5.82 Å². The number of hydrogen-bond acceptors (Lipinski definition) is 4. The monoisotopic (exact) mass is 349 g/mol. The average molecular weight is 349 g/mol. The lowest BCUT2D eigenvalue weighted by atomic mass is 9.82. The number of aliphatic hydroxyl groups excluding tert-OH is 1. The number of benzene rings is 1. The lowest BCUT2D eigenvalue weighted by Crippen LogP contribution is -2.48. The highest BCUT2D eigenvalue weighted by molar-refractivity contribution is 5.82. The van der Waals surface area contributed by atoms with E-state index in [0.717, 1.165) is 24.9 Å². The Balaban J connectivity index is 1.58. The number of hydrogen-bond donors (Lipinski definition) is 3. The average Bonchev–Trinajstić information content (AvgIpc) is 2.61. The summed E-state index contributed by atoms with van der Waals surface area (Å²) in [7, 11) is 0. The van der Waals surface area contributed by atoms with E-state index in [1.165, 1.54) is 6.07 Å². The third-order valence-electron chi connectivity index (χ3n) is 5.42. The number of carbonyl (C=O) groups excluding carboxylic acids is 1. The van der Waals surface area contributed by atoms with Crippen LogP contribution in [0.5, 0.6) is 0 Å². The molecule has 3 rings (SSSR count). The van der Waals surface area contributed by atoms with Crippen LogP contribution >= 0.6 is 0 Å². The van der Waals surface area contributed by atoms with Crippen LogP contribution in [-0.4, -0.2) is 43.3 Å². The Kier molecular flexibility index (Phi) is 5.59. The molecule has 1 amide bonds. The number of halogens is 1. The molecule has 2 fully saturated rings. The minimum atomic E-state index is -0.384. The molecule has 0 aliphatic carbocycles. The van der Waals surface area contributed by atoms with Crippen LogP contribution in [0.2, 0.25) is 0 Å². The Morgan fingerprint density at radius 2 is 2.20 bits per heavy atom. The summed E-state index contributed by atoms with van der Waals surface area (Å²) in [5.74, 6) is -0.247. The minimum absolute atomic E-state index is 0.0224. The van der Waals surface area contributed by atoms with Gasteiger partial charge in [-0.3, -0.25) is 4.79 Å². The second-order valence-corrected chi connectivity index (χ2v) is 7.53. The first-order valence-electron chi connectivity index (χ1n) is 9.18. The largest absolute Gasteiger partial charge is 0.393 e. The van der Waals surface area contributed by atoms with Crippen molar-refractivity contribution < 1.29 is 14.3 Å². The summed E-state index contributed by atoms with van der Waals surface area (Å²) in [4.78, 5) is 14.4. The molecule has 0 radical (unpaired) electrons. The number of amides is 1. The molecule has 5 nitrogen and oxygen atoms in total. The highest BCUT2D eigenvalue weighted by Gasteiger charge is 2.34. The van der Waals surface area contributed by atoms with E-state index in [4.69, 9.17) is 0 Å². The molecule has 1 unspecified atom stereocenters. The van der Waals surface area contributed by atoms with Crippen LogP contribution in [0, 0.1) is 11.2 Å². The van der Waals surface area contributed by atoms with Crippen LogP contribution in [0.1, 0.15) is 38.2 Å². The zero-order valence-corrected chi connectivity index (χ0v) is 14.9. The highest BCUT2D eigenvalue weighted by atomic mass is 19.1. The van der Waals surface area contributed by atoms with E-state index in [1.54, 1.807) is 6.07 Å². The second-order valence-electron chi connectivity index (χ2n) is 7.53. The summed E-state index contributed by atoms with van der Waals surface area (Å²) in [5, 5.41) is 15.8. The lowest BCUT2D eigenvalue weighted by Gasteiger charge is -2.33. The fourth-order valence-electron chi connectivity index (χ4n) is 3.67. The van der Waals surface area contributed by atoms with Gasteiger partial charge in [0, 0.05) is 26.2 Å². The normalized spacial score (nSPS) is 25.0. The van der Waals surface area contributed by atoms with Gasteiger partial charge in [-0.05, 0) is 56.8 Å². The molecule has 0 bridgehead atoms. The molecule has 1 aromatic rings. The molecule has 2 saturated heterocycles. The van der Waals surface area contributed by atoms with Gasteiger partial charge in [0.2, 0.25) is 5.91 Å². The lowest BCUT2D eigenvalue weighted by molar-refractivity contribution is -0.131. The van der Waals surface area contributed by atoms with Crippen LogP contribution < -0.4 is 15.5 Å². The molecule has 138 valence electrons. The van der Waals surface area contributed by atoms with Crippen molar-refractivity contribution in [2.75, 3.05) is 31.1 Å². The number of nitrogens with one attached hydrogen (secondary N) is 2. The van der Waals surface area contributed by atoms with Crippen molar-refractivity contribution in [2.24, 2.45) is 5.41 Å². The first-order chi connectivity index (χ1) is 12.0. The maximum absolute atomic E-state index is 14.5. The van der Waals surface area contributed by atoms with Crippen LogP contribution in [0.3, 0.4) is 0 Å². The number of aliphatic hydroxyl groups is 1. The molecule has 0 aromatic heterocycles. The van der Waals surface area contributed by atoms with Gasteiger partial charge in [-0.15, -0.1) is 0 Å². The van der Waals surface area contributed by atoms with E-state index in [2.05, 4.69) is 10.6 Å². The molecule has 1 atom stereocenters. The first-order valence-corrected chi connectivity index (χ1v) is 9.18. The van der Waals surface area contributed by atoms with Gasteiger partial charge in [0.05, 0.1) is 17.2 Å². The van der Waals surface area contributed by atoms with Crippen molar-refractivity contribution in [3.05, 3.63) is 29.6 Å². The summed E-state index contributed by atoms with van der Waals surface area (Å²) in [6.07, 6.45) is 2.94. The smallest absolute Gasteiger partial charge is 0.227 e. The zero-order valence-electron chi connectivity index (χ0n) is 14.9. The van der Waals surface area contributed by atoms with Gasteiger partial charge >= 0.3 is 0 Å². The number of carbonyl (C=O) groups is 1. The van der Waals surface area contributed by atoms with Gasteiger partial charge in [-0.1, -0.05) is 6.07 Å². The SMILES string of the molecule is CC1(C(=O)NCc2ccc(N3CCC(O)CC3)c(F)c2)CCCNC1. The van der Waals surface area contributed by atoms with Crippen molar-refractivity contribution in [1.29, 1.82) is 0 Å². The maximum Gasteiger partial charge on any atom is 0.227 e. The van der Waals surface area contributed by atoms with Crippen LogP contribution in [0.25, 0.3) is 0 Å². The van der Waals surface area contributed by atoms with Crippen molar-refractivity contribution in [3.63, 3.8) is 0 Å².